The lowest BCUT2D eigenvalue weighted by atomic mass is 10.1. The molecule has 0 bridgehead atoms. The first-order valence-corrected chi connectivity index (χ1v) is 10.1. The van der Waals surface area contributed by atoms with E-state index in [4.69, 9.17) is 10.00 Å². The summed E-state index contributed by atoms with van der Waals surface area (Å²) < 4.78 is 7.25. The molecule has 27 heavy (non-hydrogen) atoms. The Morgan fingerprint density at radius 2 is 1.89 bits per heavy atom. The van der Waals surface area contributed by atoms with Crippen molar-refractivity contribution in [2.24, 2.45) is 0 Å². The first kappa shape index (κ1) is 19.7. The van der Waals surface area contributed by atoms with Crippen LogP contribution >= 0.6 is 43.6 Å². The summed E-state index contributed by atoms with van der Waals surface area (Å²) in [6.07, 6.45) is 1.67. The summed E-state index contributed by atoms with van der Waals surface area (Å²) in [5.41, 5.74) is 2.11. The van der Waals surface area contributed by atoms with E-state index in [1.54, 1.807) is 30.3 Å². The first-order valence-electron chi connectivity index (χ1n) is 7.72. The number of halogens is 2. The van der Waals surface area contributed by atoms with Crippen LogP contribution in [0.3, 0.4) is 0 Å². The molecule has 0 N–H and O–H groups in total. The maximum atomic E-state index is 12.0. The van der Waals surface area contributed by atoms with Crippen LogP contribution < -0.4 is 4.74 Å². The topological polar surface area (TPSA) is 70.4 Å². The van der Waals surface area contributed by atoms with Crippen molar-refractivity contribution in [3.05, 3.63) is 66.9 Å². The van der Waals surface area contributed by atoms with Crippen molar-refractivity contribution in [2.75, 3.05) is 7.05 Å². The molecule has 5 nitrogen and oxygen atoms in total. The van der Waals surface area contributed by atoms with Crippen LogP contribution in [-0.2, 0) is 11.4 Å². The van der Waals surface area contributed by atoms with Gasteiger partial charge in [-0.15, -0.1) is 0 Å². The van der Waals surface area contributed by atoms with Crippen LogP contribution in [0.5, 0.6) is 5.75 Å². The predicted octanol–water partition coefficient (Wildman–Crippen LogP) is 5.33. The quantitative estimate of drug-likeness (QED) is 0.523. The van der Waals surface area contributed by atoms with Gasteiger partial charge in [0.05, 0.1) is 25.5 Å². The van der Waals surface area contributed by atoms with Crippen molar-refractivity contribution in [2.45, 2.75) is 6.61 Å². The number of thioether (sulfide) groups is 1. The molecule has 136 valence electrons. The molecule has 2 aromatic rings. The number of amides is 2. The second-order valence-corrected chi connectivity index (χ2v) is 8.31. The summed E-state index contributed by atoms with van der Waals surface area (Å²) in [5, 5.41) is 8.88. The third-order valence-corrected chi connectivity index (χ3v) is 5.95. The maximum Gasteiger partial charge on any atom is 0.293 e. The summed E-state index contributed by atoms with van der Waals surface area (Å²) in [7, 11) is 1.46. The van der Waals surface area contributed by atoms with Gasteiger partial charge in [0.2, 0.25) is 0 Å². The molecule has 0 unspecified atom stereocenters. The lowest BCUT2D eigenvalue weighted by molar-refractivity contribution is -0.121. The highest BCUT2D eigenvalue weighted by Crippen LogP contribution is 2.37. The number of nitriles is 1. The minimum Gasteiger partial charge on any atom is -0.486 e. The van der Waals surface area contributed by atoms with Crippen LogP contribution in [-0.4, -0.2) is 23.1 Å². The van der Waals surface area contributed by atoms with Gasteiger partial charge in [0.1, 0.15) is 12.4 Å². The Labute approximate surface area is 177 Å². The second kappa shape index (κ2) is 8.30. The van der Waals surface area contributed by atoms with Crippen LogP contribution in [0.15, 0.2) is 50.2 Å². The fourth-order valence-corrected chi connectivity index (χ4v) is 4.68. The van der Waals surface area contributed by atoms with Gasteiger partial charge < -0.3 is 4.74 Å². The van der Waals surface area contributed by atoms with E-state index in [-0.39, 0.29) is 17.8 Å². The van der Waals surface area contributed by atoms with Gasteiger partial charge in [0.25, 0.3) is 11.1 Å². The molecule has 0 radical (unpaired) electrons. The van der Waals surface area contributed by atoms with Crippen LogP contribution in [0.1, 0.15) is 16.7 Å². The fraction of sp³-hybridized carbons (Fsp3) is 0.105. The molecule has 1 aliphatic heterocycles. The van der Waals surface area contributed by atoms with Crippen LogP contribution in [0.25, 0.3) is 6.08 Å². The molecule has 1 aliphatic rings. The molecule has 1 fully saturated rings. The summed E-state index contributed by atoms with van der Waals surface area (Å²) in [6.45, 7) is 0.245. The second-order valence-electron chi connectivity index (χ2n) is 5.61. The Morgan fingerprint density at radius 1 is 1.22 bits per heavy atom. The van der Waals surface area contributed by atoms with Crippen molar-refractivity contribution < 1.29 is 14.3 Å². The fourth-order valence-electron chi connectivity index (χ4n) is 2.40. The Morgan fingerprint density at radius 3 is 2.48 bits per heavy atom. The standard InChI is InChI=1S/C19H12Br2N2O3S/c1-23-18(24)16(27-19(23)25)8-11-6-14(20)17(15(21)7-11)26-10-13-5-3-2-4-12(13)9-22/h2-8H,10H2,1H3/b16-8-. The van der Waals surface area contributed by atoms with Crippen molar-refractivity contribution in [3.8, 4) is 11.8 Å². The number of imide groups is 1. The van der Waals surface area contributed by atoms with Gasteiger partial charge in [-0.3, -0.25) is 14.5 Å². The number of nitrogens with zero attached hydrogens (tertiary/aromatic N) is 2. The molecule has 0 aliphatic carbocycles. The molecule has 0 saturated carbocycles. The van der Waals surface area contributed by atoms with Gasteiger partial charge in [-0.2, -0.15) is 5.26 Å². The molecule has 2 amide bonds. The van der Waals surface area contributed by atoms with E-state index in [1.807, 2.05) is 12.1 Å². The SMILES string of the molecule is CN1C(=O)S/C(=C\c2cc(Br)c(OCc3ccccc3C#N)c(Br)c2)C1=O. The molecule has 0 atom stereocenters. The molecule has 1 heterocycles. The monoisotopic (exact) mass is 506 g/mol. The normalized spacial score (nSPS) is 15.3. The lowest BCUT2D eigenvalue weighted by Crippen LogP contribution is -2.22. The Balaban J connectivity index is 1.83. The van der Waals surface area contributed by atoms with Crippen molar-refractivity contribution in [1.82, 2.24) is 4.90 Å². The predicted molar refractivity (Wildman–Crippen MR) is 111 cm³/mol. The number of benzene rings is 2. The van der Waals surface area contributed by atoms with Gasteiger partial charge in [-0.05, 0) is 73.5 Å². The number of hydrogen-bond acceptors (Lipinski definition) is 5. The van der Waals surface area contributed by atoms with Gasteiger partial charge in [-0.1, -0.05) is 18.2 Å². The third kappa shape index (κ3) is 4.26. The minimum absolute atomic E-state index is 0.245. The van der Waals surface area contributed by atoms with Gasteiger partial charge in [-0.25, -0.2) is 0 Å². The number of hydrogen-bond donors (Lipinski definition) is 0. The molecule has 2 aromatic carbocycles. The average molecular weight is 508 g/mol. The van der Waals surface area contributed by atoms with E-state index in [2.05, 4.69) is 37.9 Å². The van der Waals surface area contributed by atoms with Crippen LogP contribution in [0, 0.1) is 11.3 Å². The number of likely N-dealkylation sites (N-methyl/N-ethyl adjacent to an activating group) is 1. The van der Waals surface area contributed by atoms with E-state index in [0.29, 0.717) is 25.2 Å². The molecular weight excluding hydrogens is 496 g/mol. The van der Waals surface area contributed by atoms with Gasteiger partial charge in [0, 0.05) is 12.6 Å². The smallest absolute Gasteiger partial charge is 0.293 e. The Hall–Kier alpha value is -2.08. The summed E-state index contributed by atoms with van der Waals surface area (Å²) in [6, 6.07) is 13.0. The largest absolute Gasteiger partial charge is 0.486 e. The molecule has 3 rings (SSSR count). The van der Waals surface area contributed by atoms with Gasteiger partial charge >= 0.3 is 0 Å². The lowest BCUT2D eigenvalue weighted by Gasteiger charge is -2.12. The molecule has 0 aromatic heterocycles. The molecule has 8 heteroatoms. The van der Waals surface area contributed by atoms with Gasteiger partial charge in [0.15, 0.2) is 0 Å². The van der Waals surface area contributed by atoms with E-state index in [9.17, 15) is 9.59 Å². The average Bonchev–Trinajstić information content (AvgIpc) is 2.88. The number of carbonyl (C=O) groups is 2. The van der Waals surface area contributed by atoms with Crippen molar-refractivity contribution in [1.29, 1.82) is 5.26 Å². The van der Waals surface area contributed by atoms with Crippen molar-refractivity contribution in [3.63, 3.8) is 0 Å². The third-order valence-electron chi connectivity index (χ3n) is 3.81. The molecular formula is C19H12Br2N2O3S. The van der Waals surface area contributed by atoms with E-state index in [1.165, 1.54) is 7.05 Å². The highest BCUT2D eigenvalue weighted by molar-refractivity contribution is 9.11. The maximum absolute atomic E-state index is 12.0. The Kier molecular flexibility index (Phi) is 6.05. The minimum atomic E-state index is -0.314. The summed E-state index contributed by atoms with van der Waals surface area (Å²) in [4.78, 5) is 25.1. The first-order chi connectivity index (χ1) is 12.9. The van der Waals surface area contributed by atoms with Crippen LogP contribution in [0.2, 0.25) is 0 Å². The zero-order chi connectivity index (χ0) is 19.6. The zero-order valence-corrected chi connectivity index (χ0v) is 18.0. The number of rotatable bonds is 4. The number of carbonyl (C=O) groups excluding carboxylic acids is 2. The number of ether oxygens (including phenoxy) is 1. The summed E-state index contributed by atoms with van der Waals surface area (Å²) >= 11 is 7.86. The zero-order valence-electron chi connectivity index (χ0n) is 14.0. The summed E-state index contributed by atoms with van der Waals surface area (Å²) in [5.74, 6) is 0.272. The highest BCUT2D eigenvalue weighted by Gasteiger charge is 2.31. The van der Waals surface area contributed by atoms with E-state index >= 15 is 0 Å². The van der Waals surface area contributed by atoms with Crippen LogP contribution in [0.4, 0.5) is 4.79 Å². The highest BCUT2D eigenvalue weighted by atomic mass is 79.9. The van der Waals surface area contributed by atoms with Crippen molar-refractivity contribution >= 4 is 60.8 Å². The van der Waals surface area contributed by atoms with E-state index < -0.39 is 0 Å². The Bertz CT molecular complexity index is 991. The van der Waals surface area contributed by atoms with E-state index in [0.717, 1.165) is 27.8 Å². The molecule has 0 spiro atoms. The molecule has 1 saturated heterocycles.